The van der Waals surface area contributed by atoms with Crippen molar-refractivity contribution >= 4 is 11.8 Å². The van der Waals surface area contributed by atoms with Crippen LogP contribution in [-0.2, 0) is 11.2 Å². The summed E-state index contributed by atoms with van der Waals surface area (Å²) >= 11 is 0. The van der Waals surface area contributed by atoms with E-state index in [-0.39, 0.29) is 12.1 Å². The molecule has 1 atom stereocenters. The molecule has 4 heteroatoms. The van der Waals surface area contributed by atoms with E-state index < -0.39 is 5.60 Å². The van der Waals surface area contributed by atoms with Crippen LogP contribution in [0.2, 0.25) is 0 Å². The number of nitrogens with zero attached hydrogens (tertiary/aromatic N) is 1. The van der Waals surface area contributed by atoms with E-state index in [1.807, 2.05) is 45.0 Å². The van der Waals surface area contributed by atoms with Crippen molar-refractivity contribution < 1.29 is 9.53 Å². The number of ether oxygens (including phenoxy) is 1. The Morgan fingerprint density at radius 2 is 2.11 bits per heavy atom. The Bertz CT molecular complexity index is 451. The van der Waals surface area contributed by atoms with Gasteiger partial charge in [-0.25, -0.2) is 4.79 Å². The predicted octanol–water partition coefficient (Wildman–Crippen LogP) is 2.31. The van der Waals surface area contributed by atoms with Gasteiger partial charge in [-0.3, -0.25) is 4.90 Å². The first-order valence-corrected chi connectivity index (χ1v) is 6.22. The van der Waals surface area contributed by atoms with E-state index in [4.69, 9.17) is 10.5 Å². The minimum absolute atomic E-state index is 0.00255. The molecule has 1 aliphatic heterocycles. The zero-order valence-corrected chi connectivity index (χ0v) is 11.1. The largest absolute Gasteiger partial charge is 0.443 e. The van der Waals surface area contributed by atoms with Crippen molar-refractivity contribution in [3.63, 3.8) is 0 Å². The molecular weight excluding hydrogens is 228 g/mol. The monoisotopic (exact) mass is 248 g/mol. The number of carbonyl (C=O) groups is 1. The number of anilines is 1. The zero-order valence-electron chi connectivity index (χ0n) is 11.1. The first-order valence-electron chi connectivity index (χ1n) is 6.22. The molecule has 4 nitrogen and oxygen atoms in total. The number of para-hydroxylation sites is 1. The fraction of sp³-hybridized carbons (Fsp3) is 0.500. The summed E-state index contributed by atoms with van der Waals surface area (Å²) in [5.74, 6) is 0. The van der Waals surface area contributed by atoms with Crippen LogP contribution in [0.15, 0.2) is 24.3 Å². The van der Waals surface area contributed by atoms with Crippen molar-refractivity contribution in [1.29, 1.82) is 0 Å². The van der Waals surface area contributed by atoms with Crippen LogP contribution in [0.5, 0.6) is 0 Å². The SMILES string of the molecule is CC(C)(C)OC(=O)N1c2ccccc2C[C@@H]1CN. The van der Waals surface area contributed by atoms with Crippen LogP contribution in [-0.4, -0.2) is 24.3 Å². The maximum atomic E-state index is 12.2. The molecule has 0 saturated heterocycles. The van der Waals surface area contributed by atoms with E-state index >= 15 is 0 Å². The number of fused-ring (bicyclic) bond motifs is 1. The third-order valence-corrected chi connectivity index (χ3v) is 2.93. The molecule has 1 aliphatic rings. The fourth-order valence-corrected chi connectivity index (χ4v) is 2.21. The number of benzene rings is 1. The summed E-state index contributed by atoms with van der Waals surface area (Å²) < 4.78 is 5.44. The predicted molar refractivity (Wildman–Crippen MR) is 71.7 cm³/mol. The number of nitrogens with two attached hydrogens (primary N) is 1. The topological polar surface area (TPSA) is 55.6 Å². The van der Waals surface area contributed by atoms with Crippen molar-refractivity contribution in [2.45, 2.75) is 38.8 Å². The molecule has 0 bridgehead atoms. The third-order valence-electron chi connectivity index (χ3n) is 2.93. The van der Waals surface area contributed by atoms with Gasteiger partial charge in [0.1, 0.15) is 5.60 Å². The second kappa shape index (κ2) is 4.61. The molecule has 0 unspecified atom stereocenters. The summed E-state index contributed by atoms with van der Waals surface area (Å²) in [5, 5.41) is 0. The summed E-state index contributed by atoms with van der Waals surface area (Å²) in [5.41, 5.74) is 7.33. The molecule has 0 spiro atoms. The van der Waals surface area contributed by atoms with E-state index in [0.29, 0.717) is 6.54 Å². The second-order valence-corrected chi connectivity index (χ2v) is 5.57. The maximum Gasteiger partial charge on any atom is 0.415 e. The van der Waals surface area contributed by atoms with E-state index in [1.54, 1.807) is 4.90 Å². The van der Waals surface area contributed by atoms with Crippen LogP contribution < -0.4 is 10.6 Å². The Balaban J connectivity index is 2.27. The average molecular weight is 248 g/mol. The lowest BCUT2D eigenvalue weighted by Gasteiger charge is -2.28. The molecule has 1 heterocycles. The van der Waals surface area contributed by atoms with Gasteiger partial charge in [-0.15, -0.1) is 0 Å². The third kappa shape index (κ3) is 2.48. The van der Waals surface area contributed by atoms with Gasteiger partial charge >= 0.3 is 6.09 Å². The summed E-state index contributed by atoms with van der Waals surface area (Å²) in [4.78, 5) is 13.9. The van der Waals surface area contributed by atoms with Gasteiger partial charge in [0.2, 0.25) is 0 Å². The van der Waals surface area contributed by atoms with Crippen molar-refractivity contribution in [2.24, 2.45) is 5.73 Å². The molecule has 1 aromatic carbocycles. The smallest absolute Gasteiger partial charge is 0.415 e. The molecule has 0 aromatic heterocycles. The van der Waals surface area contributed by atoms with Gasteiger partial charge in [-0.05, 0) is 38.8 Å². The van der Waals surface area contributed by atoms with Crippen LogP contribution >= 0.6 is 0 Å². The Hall–Kier alpha value is -1.55. The Morgan fingerprint density at radius 1 is 1.44 bits per heavy atom. The Morgan fingerprint density at radius 3 is 2.72 bits per heavy atom. The highest BCUT2D eigenvalue weighted by Gasteiger charge is 2.35. The lowest BCUT2D eigenvalue weighted by Crippen LogP contribution is -2.44. The summed E-state index contributed by atoms with van der Waals surface area (Å²) in [6.07, 6.45) is 0.481. The van der Waals surface area contributed by atoms with Crippen molar-refractivity contribution in [1.82, 2.24) is 0 Å². The van der Waals surface area contributed by atoms with Crippen LogP contribution in [0.4, 0.5) is 10.5 Å². The molecular formula is C14H20N2O2. The molecule has 1 aromatic rings. The molecule has 1 amide bonds. The standard InChI is InChI=1S/C14H20N2O2/c1-14(2,3)18-13(17)16-11(9-15)8-10-6-4-5-7-12(10)16/h4-7,11H,8-9,15H2,1-3H3/t11-/m1/s1. The highest BCUT2D eigenvalue weighted by Crippen LogP contribution is 2.32. The summed E-state index contributed by atoms with van der Waals surface area (Å²) in [6, 6.07) is 7.87. The number of hydrogen-bond acceptors (Lipinski definition) is 3. The lowest BCUT2D eigenvalue weighted by molar-refractivity contribution is 0.0571. The van der Waals surface area contributed by atoms with Crippen LogP contribution in [0.1, 0.15) is 26.3 Å². The average Bonchev–Trinajstić information content (AvgIpc) is 2.64. The van der Waals surface area contributed by atoms with Gasteiger partial charge in [-0.2, -0.15) is 0 Å². The van der Waals surface area contributed by atoms with Gasteiger partial charge in [0.05, 0.1) is 11.7 Å². The van der Waals surface area contributed by atoms with E-state index in [2.05, 4.69) is 0 Å². The first-order chi connectivity index (χ1) is 8.42. The van der Waals surface area contributed by atoms with Crippen molar-refractivity contribution in [3.8, 4) is 0 Å². The molecule has 0 aliphatic carbocycles. The van der Waals surface area contributed by atoms with Gasteiger partial charge < -0.3 is 10.5 Å². The second-order valence-electron chi connectivity index (χ2n) is 5.57. The highest BCUT2D eigenvalue weighted by molar-refractivity contribution is 5.91. The zero-order chi connectivity index (χ0) is 13.3. The van der Waals surface area contributed by atoms with E-state index in [0.717, 1.165) is 17.7 Å². The summed E-state index contributed by atoms with van der Waals surface area (Å²) in [6.45, 7) is 6.03. The fourth-order valence-electron chi connectivity index (χ4n) is 2.21. The van der Waals surface area contributed by atoms with Gasteiger partial charge in [0.25, 0.3) is 0 Å². The number of amides is 1. The minimum Gasteiger partial charge on any atom is -0.443 e. The molecule has 0 fully saturated rings. The molecule has 0 saturated carbocycles. The first kappa shape index (κ1) is 12.9. The highest BCUT2D eigenvalue weighted by atomic mass is 16.6. The van der Waals surface area contributed by atoms with Crippen LogP contribution in [0.25, 0.3) is 0 Å². The van der Waals surface area contributed by atoms with Crippen LogP contribution in [0, 0.1) is 0 Å². The quantitative estimate of drug-likeness (QED) is 0.829. The molecule has 2 N–H and O–H groups in total. The Labute approximate surface area is 108 Å². The van der Waals surface area contributed by atoms with Crippen LogP contribution in [0.3, 0.4) is 0 Å². The molecule has 2 rings (SSSR count). The normalized spacial score (nSPS) is 18.7. The van der Waals surface area contributed by atoms with E-state index in [1.165, 1.54) is 0 Å². The summed E-state index contributed by atoms with van der Waals surface area (Å²) in [7, 11) is 0. The van der Waals surface area contributed by atoms with Crippen molar-refractivity contribution in [3.05, 3.63) is 29.8 Å². The van der Waals surface area contributed by atoms with E-state index in [9.17, 15) is 4.79 Å². The minimum atomic E-state index is -0.492. The number of hydrogen-bond donors (Lipinski definition) is 1. The van der Waals surface area contributed by atoms with Gasteiger partial charge in [0.15, 0.2) is 0 Å². The maximum absolute atomic E-state index is 12.2. The molecule has 0 radical (unpaired) electrons. The van der Waals surface area contributed by atoms with Crippen molar-refractivity contribution in [2.75, 3.05) is 11.4 Å². The molecule has 18 heavy (non-hydrogen) atoms. The van der Waals surface area contributed by atoms with Gasteiger partial charge in [-0.1, -0.05) is 18.2 Å². The van der Waals surface area contributed by atoms with Gasteiger partial charge in [0, 0.05) is 6.54 Å². The number of carbonyl (C=O) groups excluding carboxylic acids is 1. The number of rotatable bonds is 1. The molecule has 98 valence electrons. The lowest BCUT2D eigenvalue weighted by atomic mass is 10.1. The Kier molecular flexibility index (Phi) is 3.30.